The fraction of sp³-hybridized carbons (Fsp3) is 0.125. The second-order valence-corrected chi connectivity index (χ2v) is 2.42. The number of benzene rings is 1. The first-order valence-electron chi connectivity index (χ1n) is 3.50. The second kappa shape index (κ2) is 3.66. The average molecular weight is 181 g/mol. The predicted molar refractivity (Wildman–Crippen MR) is 44.5 cm³/mol. The number of ether oxygens (including phenoxy) is 1. The zero-order valence-electron chi connectivity index (χ0n) is 6.89. The van der Waals surface area contributed by atoms with Crippen molar-refractivity contribution in [2.75, 3.05) is 0 Å². The van der Waals surface area contributed by atoms with Crippen LogP contribution in [0.2, 0.25) is 0 Å². The van der Waals surface area contributed by atoms with Crippen LogP contribution in [0.3, 0.4) is 0 Å². The molecule has 68 valence electrons. The molecule has 0 aliphatic heterocycles. The van der Waals surface area contributed by atoms with Gasteiger partial charge in [-0.15, -0.1) is 0 Å². The van der Waals surface area contributed by atoms with Gasteiger partial charge in [0.25, 0.3) is 12.2 Å². The molecule has 0 amide bonds. The third kappa shape index (κ3) is 2.02. The lowest BCUT2D eigenvalue weighted by molar-refractivity contribution is -0.385. The number of hydrogen-bond acceptors (Lipinski definition) is 4. The van der Waals surface area contributed by atoms with E-state index in [1.54, 1.807) is 6.92 Å². The van der Waals surface area contributed by atoms with E-state index in [1.807, 2.05) is 0 Å². The molecule has 0 radical (unpaired) electrons. The van der Waals surface area contributed by atoms with Gasteiger partial charge in [-0.25, -0.2) is 0 Å². The maximum absolute atomic E-state index is 10.4. The maximum atomic E-state index is 10.4. The summed E-state index contributed by atoms with van der Waals surface area (Å²) in [6.07, 6.45) is 0. The zero-order chi connectivity index (χ0) is 9.84. The van der Waals surface area contributed by atoms with Crippen LogP contribution in [0.25, 0.3) is 0 Å². The van der Waals surface area contributed by atoms with Crippen molar-refractivity contribution in [2.45, 2.75) is 6.92 Å². The van der Waals surface area contributed by atoms with Crippen molar-refractivity contribution in [3.05, 3.63) is 33.9 Å². The fourth-order valence-corrected chi connectivity index (χ4v) is 0.962. The van der Waals surface area contributed by atoms with Crippen LogP contribution >= 0.6 is 0 Å². The van der Waals surface area contributed by atoms with Crippen molar-refractivity contribution in [1.29, 1.82) is 0 Å². The van der Waals surface area contributed by atoms with Gasteiger partial charge in [-0.3, -0.25) is 14.9 Å². The second-order valence-electron chi connectivity index (χ2n) is 2.42. The van der Waals surface area contributed by atoms with Gasteiger partial charge < -0.3 is 4.74 Å². The molecule has 0 heterocycles. The molecular formula is C8H7NO4. The molecule has 0 aliphatic rings. The first-order valence-corrected chi connectivity index (χ1v) is 3.50. The first-order chi connectivity index (χ1) is 6.15. The molecule has 1 aromatic carbocycles. The van der Waals surface area contributed by atoms with Crippen LogP contribution < -0.4 is 4.74 Å². The fourth-order valence-electron chi connectivity index (χ4n) is 0.962. The summed E-state index contributed by atoms with van der Waals surface area (Å²) >= 11 is 0. The molecule has 5 heteroatoms. The Labute approximate surface area is 74.1 Å². The first kappa shape index (κ1) is 9.18. The Morgan fingerprint density at radius 3 is 2.69 bits per heavy atom. The highest BCUT2D eigenvalue weighted by Crippen LogP contribution is 2.22. The quantitative estimate of drug-likeness (QED) is 0.402. The number of rotatable bonds is 3. The van der Waals surface area contributed by atoms with E-state index in [0.29, 0.717) is 11.3 Å². The monoisotopic (exact) mass is 181 g/mol. The van der Waals surface area contributed by atoms with Crippen molar-refractivity contribution < 1.29 is 14.5 Å². The van der Waals surface area contributed by atoms with Crippen molar-refractivity contribution in [3.63, 3.8) is 0 Å². The summed E-state index contributed by atoms with van der Waals surface area (Å²) in [4.78, 5) is 19.8. The maximum Gasteiger partial charge on any atom is 0.298 e. The number of nitro groups is 1. The van der Waals surface area contributed by atoms with E-state index in [9.17, 15) is 14.9 Å². The number of hydrogen-bond donors (Lipinski definition) is 0. The summed E-state index contributed by atoms with van der Waals surface area (Å²) in [5, 5.41) is 10.4. The van der Waals surface area contributed by atoms with Crippen LogP contribution in [-0.4, -0.2) is 11.4 Å². The lowest BCUT2D eigenvalue weighted by atomic mass is 10.2. The Bertz CT molecular complexity index is 348. The summed E-state index contributed by atoms with van der Waals surface area (Å²) in [7, 11) is 0. The smallest absolute Gasteiger partial charge is 0.298 e. The predicted octanol–water partition coefficient (Wildman–Crippen LogP) is 1.44. The molecule has 0 atom stereocenters. The molecule has 1 rings (SSSR count). The van der Waals surface area contributed by atoms with Gasteiger partial charge >= 0.3 is 0 Å². The number of aryl methyl sites for hydroxylation is 1. The Morgan fingerprint density at radius 1 is 1.54 bits per heavy atom. The largest absolute Gasteiger partial charge is 0.429 e. The minimum Gasteiger partial charge on any atom is -0.429 e. The third-order valence-electron chi connectivity index (χ3n) is 1.55. The number of carbonyl (C=O) groups is 1. The third-order valence-corrected chi connectivity index (χ3v) is 1.55. The Balaban J connectivity index is 3.05. The number of nitrogens with zero attached hydrogens (tertiary/aromatic N) is 1. The highest BCUT2D eigenvalue weighted by molar-refractivity contribution is 5.50. The lowest BCUT2D eigenvalue weighted by Crippen LogP contribution is -1.93. The highest BCUT2D eigenvalue weighted by Gasteiger charge is 2.10. The van der Waals surface area contributed by atoms with E-state index in [1.165, 1.54) is 18.2 Å². The van der Waals surface area contributed by atoms with E-state index in [-0.39, 0.29) is 12.2 Å². The van der Waals surface area contributed by atoms with Gasteiger partial charge in [-0.2, -0.15) is 0 Å². The van der Waals surface area contributed by atoms with Gasteiger partial charge in [0, 0.05) is 11.6 Å². The molecule has 5 nitrogen and oxygen atoms in total. The van der Waals surface area contributed by atoms with Crippen molar-refractivity contribution in [2.24, 2.45) is 0 Å². The van der Waals surface area contributed by atoms with Crippen molar-refractivity contribution >= 4 is 12.2 Å². The minimum absolute atomic E-state index is 0.0123. The Morgan fingerprint density at radius 2 is 2.23 bits per heavy atom. The Kier molecular flexibility index (Phi) is 2.59. The summed E-state index contributed by atoms with van der Waals surface area (Å²) < 4.78 is 4.52. The minimum atomic E-state index is -0.486. The van der Waals surface area contributed by atoms with Gasteiger partial charge in [0.05, 0.1) is 4.92 Å². The molecule has 0 bridgehead atoms. The molecule has 0 aromatic heterocycles. The van der Waals surface area contributed by atoms with Gasteiger partial charge in [-0.05, 0) is 19.1 Å². The summed E-state index contributed by atoms with van der Waals surface area (Å²) in [6.45, 7) is 1.86. The molecule has 0 fully saturated rings. The van der Waals surface area contributed by atoms with Gasteiger partial charge in [-0.1, -0.05) is 0 Å². The van der Waals surface area contributed by atoms with E-state index >= 15 is 0 Å². The molecule has 0 N–H and O–H groups in total. The van der Waals surface area contributed by atoms with Crippen LogP contribution in [0.4, 0.5) is 5.69 Å². The molecule has 13 heavy (non-hydrogen) atoms. The molecular weight excluding hydrogens is 174 g/mol. The normalized spacial score (nSPS) is 9.31. The number of nitro benzene ring substituents is 1. The topological polar surface area (TPSA) is 69.4 Å². The average Bonchev–Trinajstić information content (AvgIpc) is 2.04. The molecule has 0 spiro atoms. The summed E-state index contributed by atoms with van der Waals surface area (Å²) in [6, 6.07) is 4.11. The molecule has 1 aromatic rings. The van der Waals surface area contributed by atoms with E-state index in [2.05, 4.69) is 4.74 Å². The molecule has 0 aliphatic carbocycles. The Hall–Kier alpha value is -1.91. The van der Waals surface area contributed by atoms with Crippen LogP contribution in [0.5, 0.6) is 5.75 Å². The van der Waals surface area contributed by atoms with Gasteiger partial charge in [0.15, 0.2) is 0 Å². The van der Waals surface area contributed by atoms with Crippen LogP contribution in [0.1, 0.15) is 5.56 Å². The summed E-state index contributed by atoms with van der Waals surface area (Å²) in [5.41, 5.74) is 0.475. The van der Waals surface area contributed by atoms with Crippen LogP contribution in [0.15, 0.2) is 18.2 Å². The van der Waals surface area contributed by atoms with E-state index in [0.717, 1.165) is 0 Å². The van der Waals surface area contributed by atoms with Gasteiger partial charge in [0.2, 0.25) is 0 Å². The van der Waals surface area contributed by atoms with Gasteiger partial charge in [0.1, 0.15) is 5.75 Å². The van der Waals surface area contributed by atoms with Crippen molar-refractivity contribution in [1.82, 2.24) is 0 Å². The molecule has 0 saturated carbocycles. The highest BCUT2D eigenvalue weighted by atomic mass is 16.6. The summed E-state index contributed by atoms with van der Waals surface area (Å²) in [5.74, 6) is 0.304. The number of carbonyl (C=O) groups excluding carboxylic acids is 1. The van der Waals surface area contributed by atoms with E-state index in [4.69, 9.17) is 0 Å². The standard InChI is InChI=1S/C8H7NO4/c1-6-4-7(13-5-10)2-3-8(6)9(11)12/h2-5H,1H3. The molecule has 0 saturated heterocycles. The zero-order valence-corrected chi connectivity index (χ0v) is 6.89. The SMILES string of the molecule is Cc1cc(OC=O)ccc1[N+](=O)[O-]. The van der Waals surface area contributed by atoms with Crippen LogP contribution in [0, 0.1) is 17.0 Å². The van der Waals surface area contributed by atoms with E-state index < -0.39 is 4.92 Å². The van der Waals surface area contributed by atoms with Crippen molar-refractivity contribution in [3.8, 4) is 5.75 Å². The molecule has 0 unspecified atom stereocenters. The van der Waals surface area contributed by atoms with Crippen LogP contribution in [-0.2, 0) is 4.79 Å². The lowest BCUT2D eigenvalue weighted by Gasteiger charge is -1.99.